The summed E-state index contributed by atoms with van der Waals surface area (Å²) in [4.78, 5) is 2.51. The van der Waals surface area contributed by atoms with Crippen molar-refractivity contribution in [1.82, 2.24) is 0 Å². The van der Waals surface area contributed by atoms with Crippen LogP contribution in [0, 0.1) is 0 Å². The molecule has 9 aromatic rings. The number of aryl methyl sites for hydroxylation is 1. The summed E-state index contributed by atoms with van der Waals surface area (Å²) in [6.45, 7) is 0. The lowest BCUT2D eigenvalue weighted by Crippen LogP contribution is -2.28. The number of para-hydroxylation sites is 1. The van der Waals surface area contributed by atoms with Gasteiger partial charge in [0.25, 0.3) is 0 Å². The van der Waals surface area contributed by atoms with E-state index in [1.807, 2.05) is 0 Å². The van der Waals surface area contributed by atoms with Gasteiger partial charge < -0.3 is 4.90 Å². The number of benzene rings is 9. The van der Waals surface area contributed by atoms with Crippen LogP contribution in [0.25, 0.3) is 44.2 Å². The molecule has 0 aliphatic heterocycles. The van der Waals surface area contributed by atoms with Gasteiger partial charge in [0.15, 0.2) is 0 Å². The maximum atomic E-state index is 2.55. The van der Waals surface area contributed by atoms with Crippen LogP contribution in [0.15, 0.2) is 212 Å². The highest BCUT2D eigenvalue weighted by Gasteiger charge is 2.47. The highest BCUT2D eigenvalue weighted by molar-refractivity contribution is 5.97. The Labute approximate surface area is 341 Å². The Kier molecular flexibility index (Phi) is 8.40. The third-order valence-corrected chi connectivity index (χ3v) is 12.7. The number of rotatable bonds is 7. The van der Waals surface area contributed by atoms with Gasteiger partial charge in [0.2, 0.25) is 0 Å². The van der Waals surface area contributed by atoms with Crippen LogP contribution in [0.3, 0.4) is 0 Å². The Morgan fingerprint density at radius 1 is 0.362 bits per heavy atom. The molecule has 0 N–H and O–H groups in total. The number of hydrogen-bond acceptors (Lipinski definition) is 1. The first-order valence-corrected chi connectivity index (χ1v) is 20.7. The van der Waals surface area contributed by atoms with Crippen molar-refractivity contribution < 1.29 is 0 Å². The molecule has 276 valence electrons. The Morgan fingerprint density at radius 2 is 0.966 bits per heavy atom. The second kappa shape index (κ2) is 14.2. The molecule has 0 spiro atoms. The first-order chi connectivity index (χ1) is 28.8. The van der Waals surface area contributed by atoms with E-state index in [4.69, 9.17) is 0 Å². The summed E-state index contributed by atoms with van der Waals surface area (Å²) in [5.74, 6) is 0. The SMILES string of the molecule is c1ccc(N(c2ccc(-c3ccc4ccccc4c3)cc2)c2cc3c(cc2-c2cccc4c2CCCC4)-c2ccccc2C3(c2ccccc2)c2ccccc2)cc1. The lowest BCUT2D eigenvalue weighted by molar-refractivity contribution is 0.687. The highest BCUT2D eigenvalue weighted by atomic mass is 15.1. The summed E-state index contributed by atoms with van der Waals surface area (Å²) in [5.41, 5.74) is 18.7. The average Bonchev–Trinajstić information content (AvgIpc) is 3.59. The van der Waals surface area contributed by atoms with Crippen LogP contribution in [0.1, 0.15) is 46.2 Å². The van der Waals surface area contributed by atoms with E-state index in [9.17, 15) is 0 Å². The zero-order valence-electron chi connectivity index (χ0n) is 32.5. The normalized spacial score (nSPS) is 13.7. The molecule has 2 aliphatic carbocycles. The molecule has 1 nitrogen and oxygen atoms in total. The van der Waals surface area contributed by atoms with Crippen LogP contribution in [-0.4, -0.2) is 0 Å². The second-order valence-corrected chi connectivity index (χ2v) is 15.9. The predicted molar refractivity (Wildman–Crippen MR) is 243 cm³/mol. The zero-order valence-corrected chi connectivity index (χ0v) is 32.5. The first kappa shape index (κ1) is 34.3. The van der Waals surface area contributed by atoms with Gasteiger partial charge in [0.05, 0.1) is 11.1 Å². The monoisotopic (exact) mass is 741 g/mol. The maximum Gasteiger partial charge on any atom is 0.0714 e. The van der Waals surface area contributed by atoms with Crippen molar-refractivity contribution in [3.8, 4) is 33.4 Å². The predicted octanol–water partition coefficient (Wildman–Crippen LogP) is 14.9. The number of hydrogen-bond donors (Lipinski definition) is 0. The molecule has 0 fully saturated rings. The van der Waals surface area contributed by atoms with Gasteiger partial charge in [-0.2, -0.15) is 0 Å². The average molecular weight is 742 g/mol. The van der Waals surface area contributed by atoms with E-state index in [1.54, 1.807) is 0 Å². The van der Waals surface area contributed by atoms with Crippen LogP contribution in [0.4, 0.5) is 17.1 Å². The number of anilines is 3. The van der Waals surface area contributed by atoms with Crippen LogP contribution < -0.4 is 4.90 Å². The topological polar surface area (TPSA) is 3.24 Å². The second-order valence-electron chi connectivity index (χ2n) is 15.9. The third-order valence-electron chi connectivity index (χ3n) is 12.7. The molecule has 0 bridgehead atoms. The molecular formula is C57H43N. The van der Waals surface area contributed by atoms with Gasteiger partial charge >= 0.3 is 0 Å². The van der Waals surface area contributed by atoms with E-state index >= 15 is 0 Å². The summed E-state index contributed by atoms with van der Waals surface area (Å²) in [7, 11) is 0. The molecule has 1 heteroatoms. The van der Waals surface area contributed by atoms with Gasteiger partial charge in [-0.05, 0) is 140 Å². The Bertz CT molecular complexity index is 2890. The molecule has 9 aromatic carbocycles. The van der Waals surface area contributed by atoms with E-state index in [0.717, 1.165) is 24.2 Å². The van der Waals surface area contributed by atoms with Crippen LogP contribution in [-0.2, 0) is 18.3 Å². The molecular weight excluding hydrogens is 699 g/mol. The Balaban J connectivity index is 1.20. The van der Waals surface area contributed by atoms with Gasteiger partial charge in [-0.25, -0.2) is 0 Å². The Hall–Kier alpha value is -6.96. The van der Waals surface area contributed by atoms with Gasteiger partial charge in [-0.3, -0.25) is 0 Å². The van der Waals surface area contributed by atoms with Crippen molar-refractivity contribution >= 4 is 27.8 Å². The number of nitrogens with zero attached hydrogens (tertiary/aromatic N) is 1. The molecule has 0 unspecified atom stereocenters. The van der Waals surface area contributed by atoms with E-state index in [2.05, 4.69) is 217 Å². The summed E-state index contributed by atoms with van der Waals surface area (Å²) in [6, 6.07) is 79.1. The molecule has 0 radical (unpaired) electrons. The Morgan fingerprint density at radius 3 is 1.72 bits per heavy atom. The molecule has 0 amide bonds. The van der Waals surface area contributed by atoms with Gasteiger partial charge in [-0.15, -0.1) is 0 Å². The third kappa shape index (κ3) is 5.53. The van der Waals surface area contributed by atoms with Gasteiger partial charge in [0.1, 0.15) is 0 Å². The van der Waals surface area contributed by atoms with Crippen molar-refractivity contribution in [3.05, 3.63) is 246 Å². The minimum atomic E-state index is -0.514. The van der Waals surface area contributed by atoms with Crippen molar-refractivity contribution in [2.75, 3.05) is 4.90 Å². The van der Waals surface area contributed by atoms with Crippen LogP contribution in [0.5, 0.6) is 0 Å². The van der Waals surface area contributed by atoms with Crippen molar-refractivity contribution in [3.63, 3.8) is 0 Å². The molecule has 11 rings (SSSR count). The molecule has 0 aromatic heterocycles. The molecule has 58 heavy (non-hydrogen) atoms. The molecule has 0 atom stereocenters. The standard InChI is InChI=1S/C57H43N/c1-4-21-45(22-5-1)57(46-23-6-2-7-24-46)54-30-15-14-28-51(54)52-38-53(50-29-16-20-42-18-12-13-27-49(42)50)56(39-55(52)57)58(47-25-8-3-9-26-47)48-35-33-41(34-36-48)44-32-31-40-17-10-11-19-43(40)37-44/h1-11,14-17,19-26,28-39H,12-13,18,27H2. The lowest BCUT2D eigenvalue weighted by atomic mass is 9.67. The van der Waals surface area contributed by atoms with E-state index < -0.39 is 5.41 Å². The van der Waals surface area contributed by atoms with Crippen molar-refractivity contribution in [2.45, 2.75) is 31.1 Å². The van der Waals surface area contributed by atoms with E-state index in [-0.39, 0.29) is 0 Å². The minimum Gasteiger partial charge on any atom is -0.310 e. The fourth-order valence-electron chi connectivity index (χ4n) is 10.1. The van der Waals surface area contributed by atoms with Crippen LogP contribution >= 0.6 is 0 Å². The highest BCUT2D eigenvalue weighted by Crippen LogP contribution is 2.59. The summed E-state index contributed by atoms with van der Waals surface area (Å²) in [5, 5.41) is 2.51. The summed E-state index contributed by atoms with van der Waals surface area (Å²) in [6.07, 6.45) is 4.70. The van der Waals surface area contributed by atoms with Gasteiger partial charge in [0, 0.05) is 16.9 Å². The minimum absolute atomic E-state index is 0.514. The maximum absolute atomic E-state index is 2.55. The summed E-state index contributed by atoms with van der Waals surface area (Å²) < 4.78 is 0. The molecule has 0 saturated carbocycles. The largest absolute Gasteiger partial charge is 0.310 e. The quantitative estimate of drug-likeness (QED) is 0.157. The molecule has 0 saturated heterocycles. The summed E-state index contributed by atoms with van der Waals surface area (Å²) >= 11 is 0. The first-order valence-electron chi connectivity index (χ1n) is 20.7. The van der Waals surface area contributed by atoms with Gasteiger partial charge in [-0.1, -0.05) is 170 Å². The van der Waals surface area contributed by atoms with Crippen molar-refractivity contribution in [2.24, 2.45) is 0 Å². The van der Waals surface area contributed by atoms with Crippen molar-refractivity contribution in [1.29, 1.82) is 0 Å². The van der Waals surface area contributed by atoms with E-state index in [1.165, 1.54) is 96.1 Å². The zero-order chi connectivity index (χ0) is 38.5. The van der Waals surface area contributed by atoms with E-state index in [0.29, 0.717) is 0 Å². The molecule has 0 heterocycles. The number of fused-ring (bicyclic) bond motifs is 5. The smallest absolute Gasteiger partial charge is 0.0714 e. The molecule has 2 aliphatic rings. The lowest BCUT2D eigenvalue weighted by Gasteiger charge is -2.35. The van der Waals surface area contributed by atoms with Crippen LogP contribution in [0.2, 0.25) is 0 Å². The fourth-order valence-corrected chi connectivity index (χ4v) is 10.1. The fraction of sp³-hybridized carbons (Fsp3) is 0.0877.